The van der Waals surface area contributed by atoms with Gasteiger partial charge in [0.2, 0.25) is 6.41 Å². The van der Waals surface area contributed by atoms with Crippen LogP contribution in [0.15, 0.2) is 59.1 Å². The number of benzene rings is 1. The molecule has 27 heavy (non-hydrogen) atoms. The van der Waals surface area contributed by atoms with E-state index in [4.69, 9.17) is 0 Å². The highest BCUT2D eigenvalue weighted by molar-refractivity contribution is 9.10. The van der Waals surface area contributed by atoms with Crippen molar-refractivity contribution in [2.75, 3.05) is 13.1 Å². The molecule has 6 nitrogen and oxygen atoms in total. The Bertz CT molecular complexity index is 916. The highest BCUT2D eigenvalue weighted by Crippen LogP contribution is 2.21. The molecular weight excluding hydrogens is 408 g/mol. The normalized spacial score (nSPS) is 16.9. The van der Waals surface area contributed by atoms with E-state index in [0.29, 0.717) is 31.7 Å². The largest absolute Gasteiger partial charge is 0.331 e. The average molecular weight is 429 g/mol. The molecule has 0 spiro atoms. The van der Waals surface area contributed by atoms with Gasteiger partial charge in [0.25, 0.3) is 5.91 Å². The minimum Gasteiger partial charge on any atom is -0.331 e. The smallest absolute Gasteiger partial charge is 0.270 e. The van der Waals surface area contributed by atoms with Crippen molar-refractivity contribution in [3.63, 3.8) is 0 Å². The Balaban J connectivity index is 1.84. The van der Waals surface area contributed by atoms with E-state index in [1.54, 1.807) is 17.3 Å². The maximum atomic E-state index is 13.0. The van der Waals surface area contributed by atoms with E-state index < -0.39 is 0 Å². The fourth-order valence-corrected chi connectivity index (χ4v) is 3.30. The molecule has 0 unspecified atom stereocenters. The number of nitrogens with zero attached hydrogens (tertiary/aromatic N) is 4. The number of halogens is 1. The Morgan fingerprint density at radius 2 is 2.07 bits per heavy atom. The Kier molecular flexibility index (Phi) is 5.91. The highest BCUT2D eigenvalue weighted by atomic mass is 79.9. The summed E-state index contributed by atoms with van der Waals surface area (Å²) in [7, 11) is 0. The third-order valence-electron chi connectivity index (χ3n) is 4.47. The van der Waals surface area contributed by atoms with E-state index in [2.05, 4.69) is 20.9 Å². The summed E-state index contributed by atoms with van der Waals surface area (Å²) < 4.78 is 2.84. The number of allylic oxidation sites excluding steroid dienone is 3. The number of imidazole rings is 1. The average Bonchev–Trinajstić information content (AvgIpc) is 3.10. The second-order valence-electron chi connectivity index (χ2n) is 6.40. The van der Waals surface area contributed by atoms with Crippen LogP contribution < -0.4 is 0 Å². The Labute approximate surface area is 166 Å². The minimum atomic E-state index is -0.157. The van der Waals surface area contributed by atoms with Crippen molar-refractivity contribution in [2.24, 2.45) is 0 Å². The first-order chi connectivity index (χ1) is 13.0. The molecule has 0 radical (unpaired) electrons. The number of aryl methyl sites for hydroxylation is 1. The van der Waals surface area contributed by atoms with Gasteiger partial charge in [-0.25, -0.2) is 4.98 Å². The van der Waals surface area contributed by atoms with Crippen LogP contribution in [0.4, 0.5) is 0 Å². The van der Waals surface area contributed by atoms with Crippen molar-refractivity contribution >= 4 is 33.9 Å². The standard InChI is InChI=1S/C20H21BrN4O2/c1-15-11-25(13-22-15)16(2)7-8-19-20(27)23(9-10-24(19)14-26)12-17-5-3-4-6-18(17)21/h3-8,11,13-14H,9-10,12H2,1-2H3/b16-7+,19-8-. The molecule has 1 saturated heterocycles. The molecule has 140 valence electrons. The lowest BCUT2D eigenvalue weighted by molar-refractivity contribution is -0.135. The summed E-state index contributed by atoms with van der Waals surface area (Å²) in [6.07, 6.45) is 7.87. The van der Waals surface area contributed by atoms with Crippen LogP contribution in [-0.2, 0) is 16.1 Å². The zero-order valence-electron chi connectivity index (χ0n) is 15.3. The lowest BCUT2D eigenvalue weighted by Crippen LogP contribution is -2.47. The van der Waals surface area contributed by atoms with Crippen molar-refractivity contribution < 1.29 is 9.59 Å². The molecule has 3 rings (SSSR count). The van der Waals surface area contributed by atoms with Crippen molar-refractivity contribution in [2.45, 2.75) is 20.4 Å². The van der Waals surface area contributed by atoms with Crippen molar-refractivity contribution in [3.05, 3.63) is 70.4 Å². The number of carbonyl (C=O) groups is 2. The summed E-state index contributed by atoms with van der Waals surface area (Å²) in [6, 6.07) is 7.83. The number of aromatic nitrogens is 2. The fraction of sp³-hybridized carbons (Fsp3) is 0.250. The Hall–Kier alpha value is -2.67. The summed E-state index contributed by atoms with van der Waals surface area (Å²) in [6.45, 7) is 5.31. The number of amides is 2. The van der Waals surface area contributed by atoms with E-state index in [1.165, 1.54) is 4.90 Å². The predicted molar refractivity (Wildman–Crippen MR) is 107 cm³/mol. The van der Waals surface area contributed by atoms with E-state index >= 15 is 0 Å². The molecule has 0 aliphatic carbocycles. The van der Waals surface area contributed by atoms with Crippen molar-refractivity contribution in [3.8, 4) is 0 Å². The summed E-state index contributed by atoms with van der Waals surface area (Å²) in [5.41, 5.74) is 3.23. The summed E-state index contributed by atoms with van der Waals surface area (Å²) in [4.78, 5) is 31.8. The number of carbonyl (C=O) groups excluding carboxylic acids is 2. The quantitative estimate of drug-likeness (QED) is 0.542. The molecule has 1 fully saturated rings. The van der Waals surface area contributed by atoms with Gasteiger partial charge in [0.1, 0.15) is 5.70 Å². The van der Waals surface area contributed by atoms with E-state index in [-0.39, 0.29) is 5.91 Å². The van der Waals surface area contributed by atoms with Gasteiger partial charge in [-0.05, 0) is 37.6 Å². The van der Waals surface area contributed by atoms with Gasteiger partial charge in [-0.15, -0.1) is 0 Å². The molecule has 0 N–H and O–H groups in total. The van der Waals surface area contributed by atoms with Gasteiger partial charge in [-0.2, -0.15) is 0 Å². The molecule has 0 bridgehead atoms. The number of hydrogen-bond donors (Lipinski definition) is 0. The maximum Gasteiger partial charge on any atom is 0.270 e. The third kappa shape index (κ3) is 4.36. The van der Waals surface area contributed by atoms with Crippen LogP contribution in [0.25, 0.3) is 5.70 Å². The Morgan fingerprint density at radius 1 is 1.30 bits per heavy atom. The first-order valence-electron chi connectivity index (χ1n) is 8.63. The van der Waals surface area contributed by atoms with Gasteiger partial charge in [-0.3, -0.25) is 9.59 Å². The lowest BCUT2D eigenvalue weighted by Gasteiger charge is -2.34. The fourth-order valence-electron chi connectivity index (χ4n) is 2.89. The van der Waals surface area contributed by atoms with E-state index in [9.17, 15) is 9.59 Å². The number of hydrogen-bond acceptors (Lipinski definition) is 3. The van der Waals surface area contributed by atoms with Gasteiger partial charge in [0.05, 0.1) is 12.0 Å². The molecule has 2 amide bonds. The van der Waals surface area contributed by atoms with Crippen LogP contribution in [0.1, 0.15) is 18.2 Å². The van der Waals surface area contributed by atoms with Crippen molar-refractivity contribution in [1.82, 2.24) is 19.4 Å². The van der Waals surface area contributed by atoms with Crippen molar-refractivity contribution in [1.29, 1.82) is 0 Å². The molecule has 0 atom stereocenters. The van der Waals surface area contributed by atoms with Gasteiger partial charge < -0.3 is 14.4 Å². The molecule has 1 aromatic heterocycles. The molecule has 7 heteroatoms. The second kappa shape index (κ2) is 8.35. The lowest BCUT2D eigenvalue weighted by atomic mass is 10.1. The summed E-state index contributed by atoms with van der Waals surface area (Å²) in [5, 5.41) is 0. The number of piperazine rings is 1. The van der Waals surface area contributed by atoms with E-state index in [0.717, 1.165) is 21.4 Å². The first-order valence-corrected chi connectivity index (χ1v) is 9.43. The van der Waals surface area contributed by atoms with Gasteiger partial charge in [0, 0.05) is 36.0 Å². The van der Waals surface area contributed by atoms with Crippen LogP contribution in [-0.4, -0.2) is 44.8 Å². The topological polar surface area (TPSA) is 58.4 Å². The maximum absolute atomic E-state index is 13.0. The van der Waals surface area contributed by atoms with Gasteiger partial charge >= 0.3 is 0 Å². The highest BCUT2D eigenvalue weighted by Gasteiger charge is 2.28. The molecule has 1 aromatic carbocycles. The zero-order valence-corrected chi connectivity index (χ0v) is 16.9. The van der Waals surface area contributed by atoms with Gasteiger partial charge in [0.15, 0.2) is 0 Å². The molecular formula is C20H21BrN4O2. The van der Waals surface area contributed by atoms with Crippen LogP contribution in [0.2, 0.25) is 0 Å². The zero-order chi connectivity index (χ0) is 19.4. The van der Waals surface area contributed by atoms with Crippen LogP contribution in [0.5, 0.6) is 0 Å². The Morgan fingerprint density at radius 3 is 2.74 bits per heavy atom. The SMILES string of the molecule is C/C(=C\C=C1\C(=O)N(Cc2ccccc2Br)CCN1C=O)n1cnc(C)c1. The third-order valence-corrected chi connectivity index (χ3v) is 5.25. The molecule has 0 saturated carbocycles. The van der Waals surface area contributed by atoms with E-state index in [1.807, 2.05) is 55.0 Å². The van der Waals surface area contributed by atoms with Gasteiger partial charge in [-0.1, -0.05) is 34.1 Å². The monoisotopic (exact) mass is 428 g/mol. The predicted octanol–water partition coefficient (Wildman–Crippen LogP) is 3.20. The molecule has 2 heterocycles. The van der Waals surface area contributed by atoms with Crippen LogP contribution >= 0.6 is 15.9 Å². The summed E-state index contributed by atoms with van der Waals surface area (Å²) >= 11 is 3.52. The first kappa shape index (κ1) is 19.1. The van der Waals surface area contributed by atoms with Crippen LogP contribution in [0, 0.1) is 6.92 Å². The molecule has 1 aliphatic rings. The molecule has 1 aliphatic heterocycles. The van der Waals surface area contributed by atoms with Crippen LogP contribution in [0.3, 0.4) is 0 Å². The number of rotatable bonds is 5. The second-order valence-corrected chi connectivity index (χ2v) is 7.25. The minimum absolute atomic E-state index is 0.157. The summed E-state index contributed by atoms with van der Waals surface area (Å²) in [5.74, 6) is -0.157. The molecule has 2 aromatic rings.